The van der Waals surface area contributed by atoms with Crippen LogP contribution in [0.1, 0.15) is 5.69 Å². The Morgan fingerprint density at radius 2 is 2.14 bits per heavy atom. The van der Waals surface area contributed by atoms with Crippen molar-refractivity contribution >= 4 is 22.6 Å². The summed E-state index contributed by atoms with van der Waals surface area (Å²) < 4.78 is 26.0. The van der Waals surface area contributed by atoms with Crippen LogP contribution < -0.4 is 0 Å². The average Bonchev–Trinajstić information content (AvgIpc) is 2.06. The van der Waals surface area contributed by atoms with Crippen LogP contribution in [0.5, 0.6) is 0 Å². The Hall–Kier alpha value is -0.300. The Morgan fingerprint density at radius 3 is 2.64 bits per heavy atom. The van der Waals surface area contributed by atoms with Crippen LogP contribution in [0.3, 0.4) is 0 Å². The molecule has 0 saturated carbocycles. The molecule has 0 bridgehead atoms. The summed E-state index contributed by atoms with van der Waals surface area (Å²) in [5.74, 6) is -2.48. The molecule has 1 aliphatic rings. The molecule has 1 aliphatic heterocycles. The van der Waals surface area contributed by atoms with E-state index in [0.717, 1.165) is 9.26 Å². The number of hydrogen-bond donors (Lipinski definition) is 0. The van der Waals surface area contributed by atoms with Gasteiger partial charge in [0.05, 0.1) is 18.8 Å². The Morgan fingerprint density at radius 1 is 1.43 bits per heavy atom. The lowest BCUT2D eigenvalue weighted by atomic mass is 10.1. The maximum Gasteiger partial charge on any atom is 0.272 e. The summed E-state index contributed by atoms with van der Waals surface area (Å²) in [7, 11) is 0. The van der Waals surface area contributed by atoms with Gasteiger partial charge >= 0.3 is 0 Å². The number of aromatic nitrogens is 1. The summed E-state index contributed by atoms with van der Waals surface area (Å²) in [5.41, 5.74) is 0.848. The van der Waals surface area contributed by atoms with Gasteiger partial charge in [-0.25, -0.2) is 8.78 Å². The van der Waals surface area contributed by atoms with Crippen molar-refractivity contribution < 1.29 is 8.78 Å². The maximum atomic E-state index is 12.5. The molecule has 2 rings (SSSR count). The van der Waals surface area contributed by atoms with E-state index in [2.05, 4.69) is 27.6 Å². The van der Waals surface area contributed by atoms with Gasteiger partial charge in [-0.2, -0.15) is 0 Å². The summed E-state index contributed by atoms with van der Waals surface area (Å²) in [6, 6.07) is 3.80. The van der Waals surface area contributed by atoms with Crippen LogP contribution in [-0.2, 0) is 6.54 Å². The first-order valence-electron chi connectivity index (χ1n) is 4.26. The molecule has 2 heterocycles. The van der Waals surface area contributed by atoms with Gasteiger partial charge in [-0.1, -0.05) is 0 Å². The SMILES string of the molecule is FC1(F)CN(Cc2ccc(I)cn2)C1. The van der Waals surface area contributed by atoms with Crippen molar-refractivity contribution in [2.75, 3.05) is 13.1 Å². The fourth-order valence-corrected chi connectivity index (χ4v) is 1.77. The smallest absolute Gasteiger partial charge is 0.272 e. The zero-order valence-electron chi connectivity index (χ0n) is 7.38. The van der Waals surface area contributed by atoms with Crippen molar-refractivity contribution in [2.24, 2.45) is 0 Å². The van der Waals surface area contributed by atoms with Crippen molar-refractivity contribution in [1.29, 1.82) is 0 Å². The van der Waals surface area contributed by atoms with Gasteiger partial charge in [0.1, 0.15) is 0 Å². The second-order valence-electron chi connectivity index (χ2n) is 3.47. The predicted molar refractivity (Wildman–Crippen MR) is 57.2 cm³/mol. The molecule has 1 fully saturated rings. The second kappa shape index (κ2) is 3.69. The molecular formula is C9H9F2IN2. The fourth-order valence-electron chi connectivity index (χ4n) is 1.45. The summed E-state index contributed by atoms with van der Waals surface area (Å²) in [4.78, 5) is 5.84. The Labute approximate surface area is 94.5 Å². The predicted octanol–water partition coefficient (Wildman–Crippen LogP) is 2.14. The highest BCUT2D eigenvalue weighted by atomic mass is 127. The van der Waals surface area contributed by atoms with E-state index in [1.807, 2.05) is 12.1 Å². The number of rotatable bonds is 2. The molecule has 0 radical (unpaired) electrons. The lowest BCUT2D eigenvalue weighted by Gasteiger charge is -2.38. The topological polar surface area (TPSA) is 16.1 Å². The zero-order valence-corrected chi connectivity index (χ0v) is 9.54. The van der Waals surface area contributed by atoms with Gasteiger partial charge in [-0.15, -0.1) is 0 Å². The van der Waals surface area contributed by atoms with Crippen LogP contribution in [0.2, 0.25) is 0 Å². The highest BCUT2D eigenvalue weighted by Crippen LogP contribution is 2.27. The van der Waals surface area contributed by atoms with Gasteiger partial charge in [-0.3, -0.25) is 9.88 Å². The van der Waals surface area contributed by atoms with Gasteiger partial charge in [0, 0.05) is 16.3 Å². The minimum Gasteiger partial charge on any atom is -0.285 e. The summed E-state index contributed by atoms with van der Waals surface area (Å²) in [5, 5.41) is 0. The molecule has 1 aromatic heterocycles. The van der Waals surface area contributed by atoms with Gasteiger partial charge in [0.15, 0.2) is 0 Å². The lowest BCUT2D eigenvalue weighted by molar-refractivity contribution is -0.134. The molecule has 0 spiro atoms. The van der Waals surface area contributed by atoms with E-state index < -0.39 is 5.92 Å². The highest BCUT2D eigenvalue weighted by molar-refractivity contribution is 14.1. The van der Waals surface area contributed by atoms with Gasteiger partial charge < -0.3 is 0 Å². The maximum absolute atomic E-state index is 12.5. The third-order valence-electron chi connectivity index (χ3n) is 2.08. The largest absolute Gasteiger partial charge is 0.285 e. The molecule has 1 saturated heterocycles. The van der Waals surface area contributed by atoms with Crippen LogP contribution >= 0.6 is 22.6 Å². The molecular weight excluding hydrogens is 301 g/mol. The number of nitrogens with zero attached hydrogens (tertiary/aromatic N) is 2. The highest BCUT2D eigenvalue weighted by Gasteiger charge is 2.43. The van der Waals surface area contributed by atoms with E-state index in [1.165, 1.54) is 0 Å². The molecule has 2 nitrogen and oxygen atoms in total. The molecule has 76 valence electrons. The van der Waals surface area contributed by atoms with Crippen LogP contribution in [0.4, 0.5) is 8.78 Å². The van der Waals surface area contributed by atoms with Gasteiger partial charge in [0.2, 0.25) is 0 Å². The number of pyridine rings is 1. The second-order valence-corrected chi connectivity index (χ2v) is 4.71. The Balaban J connectivity index is 1.90. The van der Waals surface area contributed by atoms with Gasteiger partial charge in [0.25, 0.3) is 5.92 Å². The van der Waals surface area contributed by atoms with E-state index in [9.17, 15) is 8.78 Å². The molecule has 0 aliphatic carbocycles. The molecule has 0 amide bonds. The first kappa shape index (κ1) is 10.2. The van der Waals surface area contributed by atoms with Crippen molar-refractivity contribution in [1.82, 2.24) is 9.88 Å². The van der Waals surface area contributed by atoms with Crippen molar-refractivity contribution in [3.63, 3.8) is 0 Å². The first-order valence-corrected chi connectivity index (χ1v) is 5.34. The quantitative estimate of drug-likeness (QED) is 0.778. The fraction of sp³-hybridized carbons (Fsp3) is 0.444. The zero-order chi connectivity index (χ0) is 10.2. The molecule has 5 heteroatoms. The summed E-state index contributed by atoms with van der Waals surface area (Å²) in [6.45, 7) is 0.244. The standard InChI is InChI=1S/C9H9F2IN2/c10-9(11)5-14(6-9)4-8-2-1-7(12)3-13-8/h1-3H,4-6H2. The van der Waals surface area contributed by atoms with Crippen LogP contribution in [0, 0.1) is 3.57 Å². The third-order valence-corrected chi connectivity index (χ3v) is 2.72. The van der Waals surface area contributed by atoms with Crippen LogP contribution in [0.15, 0.2) is 18.3 Å². The minimum atomic E-state index is -2.48. The van der Waals surface area contributed by atoms with E-state index >= 15 is 0 Å². The molecule has 14 heavy (non-hydrogen) atoms. The number of hydrogen-bond acceptors (Lipinski definition) is 2. The molecule has 0 N–H and O–H groups in total. The monoisotopic (exact) mass is 310 g/mol. The van der Waals surface area contributed by atoms with Gasteiger partial charge in [-0.05, 0) is 34.7 Å². The van der Waals surface area contributed by atoms with Crippen molar-refractivity contribution in [2.45, 2.75) is 12.5 Å². The van der Waals surface area contributed by atoms with E-state index in [4.69, 9.17) is 0 Å². The summed E-state index contributed by atoms with van der Waals surface area (Å²) >= 11 is 2.16. The van der Waals surface area contributed by atoms with E-state index in [-0.39, 0.29) is 13.1 Å². The number of halogens is 3. The average molecular weight is 310 g/mol. The van der Waals surface area contributed by atoms with Crippen molar-refractivity contribution in [3.05, 3.63) is 27.6 Å². The van der Waals surface area contributed by atoms with Crippen molar-refractivity contribution in [3.8, 4) is 0 Å². The normalized spacial score (nSPS) is 20.5. The minimum absolute atomic E-state index is 0.138. The summed E-state index contributed by atoms with van der Waals surface area (Å²) in [6.07, 6.45) is 1.74. The Bertz CT molecular complexity index is 318. The molecule has 0 atom stereocenters. The molecule has 1 aromatic rings. The van der Waals surface area contributed by atoms with E-state index in [0.29, 0.717) is 6.54 Å². The lowest BCUT2D eigenvalue weighted by Crippen LogP contribution is -2.55. The molecule has 0 unspecified atom stereocenters. The van der Waals surface area contributed by atoms with Crippen LogP contribution in [-0.4, -0.2) is 28.9 Å². The third kappa shape index (κ3) is 2.38. The number of alkyl halides is 2. The number of likely N-dealkylation sites (tertiary alicyclic amines) is 1. The van der Waals surface area contributed by atoms with Crippen LogP contribution in [0.25, 0.3) is 0 Å². The Kier molecular flexibility index (Phi) is 2.70. The molecule has 0 aromatic carbocycles. The van der Waals surface area contributed by atoms with E-state index in [1.54, 1.807) is 11.1 Å². The first-order chi connectivity index (χ1) is 6.55.